The Balaban J connectivity index is 1.71. The normalized spacial score (nSPS) is 17.2. The largest absolute Gasteiger partial charge is 0.257 e. The third-order valence-electron chi connectivity index (χ3n) is 4.83. The fourth-order valence-electron chi connectivity index (χ4n) is 3.31. The number of primary sulfonamides is 1. The topological polar surface area (TPSA) is 110 Å². The van der Waals surface area contributed by atoms with Crippen LogP contribution in [0.5, 0.6) is 0 Å². The van der Waals surface area contributed by atoms with Gasteiger partial charge in [-0.25, -0.2) is 22.0 Å². The number of sulfone groups is 1. The van der Waals surface area contributed by atoms with Crippen LogP contribution >= 0.6 is 11.3 Å². The van der Waals surface area contributed by atoms with Gasteiger partial charge in [-0.3, -0.25) is 5.01 Å². The summed E-state index contributed by atoms with van der Waals surface area (Å²) in [5, 5.41) is 13.8. The van der Waals surface area contributed by atoms with Crippen LogP contribution in [-0.4, -0.2) is 28.8 Å². The standard InChI is InChI=1S/C20H19N3O4S3/c1-29(24,25)16-8-4-14(5-9-16)18-13-19(20-3-2-12-28-20)23(22-18)15-6-10-17(11-7-15)30(21,26)27/h2-12,19H,13H2,1H3,(H2,21,26,27). The minimum Gasteiger partial charge on any atom is -0.257 e. The summed E-state index contributed by atoms with van der Waals surface area (Å²) >= 11 is 1.62. The Morgan fingerprint density at radius 1 is 0.967 bits per heavy atom. The molecule has 2 N–H and O–H groups in total. The molecule has 0 spiro atoms. The molecule has 2 heterocycles. The van der Waals surface area contributed by atoms with E-state index in [9.17, 15) is 16.8 Å². The third kappa shape index (κ3) is 4.17. The number of nitrogens with zero attached hydrogens (tertiary/aromatic N) is 2. The SMILES string of the molecule is CS(=O)(=O)c1ccc(C2=NN(c3ccc(S(N)(=O)=O)cc3)C(c3cccs3)C2)cc1. The van der Waals surface area contributed by atoms with Crippen molar-refractivity contribution >= 4 is 42.6 Å². The van der Waals surface area contributed by atoms with Crippen molar-refractivity contribution in [3.05, 3.63) is 76.5 Å². The highest BCUT2D eigenvalue weighted by Crippen LogP contribution is 2.38. The van der Waals surface area contributed by atoms with Crippen molar-refractivity contribution in [1.82, 2.24) is 0 Å². The van der Waals surface area contributed by atoms with Crippen LogP contribution in [0.2, 0.25) is 0 Å². The summed E-state index contributed by atoms with van der Waals surface area (Å²) in [4.78, 5) is 1.42. The average molecular weight is 462 g/mol. The summed E-state index contributed by atoms with van der Waals surface area (Å²) < 4.78 is 46.5. The molecule has 0 bridgehead atoms. The van der Waals surface area contributed by atoms with Gasteiger partial charge >= 0.3 is 0 Å². The molecule has 0 radical (unpaired) electrons. The monoisotopic (exact) mass is 461 g/mol. The van der Waals surface area contributed by atoms with Crippen LogP contribution in [0.25, 0.3) is 0 Å². The molecule has 0 amide bonds. The lowest BCUT2D eigenvalue weighted by Gasteiger charge is -2.22. The first-order valence-corrected chi connectivity index (χ1v) is 13.3. The minimum atomic E-state index is -3.77. The zero-order chi connectivity index (χ0) is 21.5. The molecule has 2 aromatic carbocycles. The number of rotatable bonds is 5. The molecule has 1 aromatic heterocycles. The van der Waals surface area contributed by atoms with Crippen molar-refractivity contribution in [3.8, 4) is 0 Å². The van der Waals surface area contributed by atoms with Gasteiger partial charge in [0.2, 0.25) is 10.0 Å². The second-order valence-corrected chi connectivity index (χ2v) is 11.5. The van der Waals surface area contributed by atoms with Gasteiger partial charge < -0.3 is 0 Å². The lowest BCUT2D eigenvalue weighted by atomic mass is 10.0. The van der Waals surface area contributed by atoms with E-state index in [1.165, 1.54) is 18.4 Å². The van der Waals surface area contributed by atoms with Crippen LogP contribution in [0, 0.1) is 0 Å². The fourth-order valence-corrected chi connectivity index (χ4v) is 5.27. The summed E-state index contributed by atoms with van der Waals surface area (Å²) in [6.45, 7) is 0. The van der Waals surface area contributed by atoms with E-state index >= 15 is 0 Å². The smallest absolute Gasteiger partial charge is 0.238 e. The van der Waals surface area contributed by atoms with Gasteiger partial charge in [0.05, 0.1) is 27.2 Å². The maximum atomic E-state index is 11.7. The summed E-state index contributed by atoms with van der Waals surface area (Å²) in [6.07, 6.45) is 1.81. The molecule has 4 rings (SSSR count). The van der Waals surface area contributed by atoms with E-state index in [0.29, 0.717) is 6.42 Å². The lowest BCUT2D eigenvalue weighted by molar-refractivity contribution is 0.597. The van der Waals surface area contributed by atoms with E-state index in [4.69, 9.17) is 10.2 Å². The van der Waals surface area contributed by atoms with E-state index in [1.807, 2.05) is 22.5 Å². The molecule has 10 heteroatoms. The molecule has 0 fully saturated rings. The maximum absolute atomic E-state index is 11.7. The van der Waals surface area contributed by atoms with Gasteiger partial charge in [0.25, 0.3) is 0 Å². The van der Waals surface area contributed by atoms with Crippen LogP contribution in [0.1, 0.15) is 22.9 Å². The first kappa shape index (κ1) is 20.7. The number of nitrogens with two attached hydrogens (primary N) is 1. The number of hydrogen-bond donors (Lipinski definition) is 1. The molecule has 0 saturated carbocycles. The van der Waals surface area contributed by atoms with Gasteiger partial charge in [-0.15, -0.1) is 11.3 Å². The quantitative estimate of drug-likeness (QED) is 0.628. The molecule has 1 aliphatic rings. The molecular formula is C20H19N3O4S3. The average Bonchev–Trinajstić information content (AvgIpc) is 3.36. The van der Waals surface area contributed by atoms with Gasteiger partial charge in [0.1, 0.15) is 0 Å². The number of anilines is 1. The van der Waals surface area contributed by atoms with Crippen molar-refractivity contribution in [3.63, 3.8) is 0 Å². The van der Waals surface area contributed by atoms with E-state index in [-0.39, 0.29) is 15.8 Å². The van der Waals surface area contributed by atoms with Crippen molar-refractivity contribution in [2.45, 2.75) is 22.3 Å². The molecule has 30 heavy (non-hydrogen) atoms. The second kappa shape index (κ2) is 7.62. The first-order valence-electron chi connectivity index (χ1n) is 8.96. The van der Waals surface area contributed by atoms with Crippen LogP contribution in [-0.2, 0) is 19.9 Å². The first-order chi connectivity index (χ1) is 14.1. The molecule has 3 aromatic rings. The minimum absolute atomic E-state index is 0.0405. The molecule has 1 atom stereocenters. The second-order valence-electron chi connectivity index (χ2n) is 6.96. The van der Waals surface area contributed by atoms with Crippen LogP contribution in [0.15, 0.2) is 80.9 Å². The van der Waals surface area contributed by atoms with Crippen LogP contribution < -0.4 is 10.1 Å². The van der Waals surface area contributed by atoms with Gasteiger partial charge in [-0.2, -0.15) is 5.10 Å². The number of sulfonamides is 1. The molecule has 1 unspecified atom stereocenters. The van der Waals surface area contributed by atoms with E-state index in [2.05, 4.69) is 0 Å². The summed E-state index contributed by atoms with van der Waals surface area (Å²) in [5.41, 5.74) is 2.40. The Kier molecular flexibility index (Phi) is 5.27. The number of benzene rings is 2. The van der Waals surface area contributed by atoms with E-state index in [0.717, 1.165) is 21.8 Å². The Bertz CT molecular complexity index is 1300. The van der Waals surface area contributed by atoms with Crippen LogP contribution in [0.3, 0.4) is 0 Å². The molecule has 7 nitrogen and oxygen atoms in total. The molecule has 0 aliphatic carbocycles. The molecule has 1 aliphatic heterocycles. The molecule has 0 saturated heterocycles. The Morgan fingerprint density at radius 3 is 2.13 bits per heavy atom. The highest BCUT2D eigenvalue weighted by atomic mass is 32.2. The zero-order valence-corrected chi connectivity index (χ0v) is 18.4. The number of hydrogen-bond acceptors (Lipinski definition) is 7. The lowest BCUT2D eigenvalue weighted by Crippen LogP contribution is -2.18. The Labute approximate surface area is 179 Å². The van der Waals surface area contributed by atoms with Crippen molar-refractivity contribution in [1.29, 1.82) is 0 Å². The molecular weight excluding hydrogens is 442 g/mol. The van der Waals surface area contributed by atoms with E-state index in [1.54, 1.807) is 47.7 Å². The predicted octanol–water partition coefficient (Wildman–Crippen LogP) is 3.15. The summed E-state index contributed by atoms with van der Waals surface area (Å²) in [7, 11) is -7.04. The Morgan fingerprint density at radius 2 is 1.60 bits per heavy atom. The van der Waals surface area contributed by atoms with Crippen molar-refractivity contribution in [2.24, 2.45) is 10.2 Å². The third-order valence-corrected chi connectivity index (χ3v) is 7.86. The van der Waals surface area contributed by atoms with Gasteiger partial charge in [0, 0.05) is 17.6 Å². The number of thiophene rings is 1. The van der Waals surface area contributed by atoms with Gasteiger partial charge in [-0.05, 0) is 53.4 Å². The van der Waals surface area contributed by atoms with Gasteiger partial charge in [0.15, 0.2) is 9.84 Å². The Hall–Kier alpha value is -2.53. The predicted molar refractivity (Wildman–Crippen MR) is 118 cm³/mol. The van der Waals surface area contributed by atoms with Crippen molar-refractivity contribution in [2.75, 3.05) is 11.3 Å². The maximum Gasteiger partial charge on any atom is 0.238 e. The fraction of sp³-hybridized carbons (Fsp3) is 0.150. The van der Waals surface area contributed by atoms with Gasteiger partial charge in [-0.1, -0.05) is 18.2 Å². The molecule has 156 valence electrons. The van der Waals surface area contributed by atoms with E-state index < -0.39 is 19.9 Å². The zero-order valence-electron chi connectivity index (χ0n) is 16.0. The van der Waals surface area contributed by atoms with Crippen molar-refractivity contribution < 1.29 is 16.8 Å². The highest BCUT2D eigenvalue weighted by Gasteiger charge is 2.30. The van der Waals surface area contributed by atoms with Crippen LogP contribution in [0.4, 0.5) is 5.69 Å². The number of hydrazone groups is 1. The highest BCUT2D eigenvalue weighted by molar-refractivity contribution is 7.90. The summed E-state index contributed by atoms with van der Waals surface area (Å²) in [5.74, 6) is 0. The summed E-state index contributed by atoms with van der Waals surface area (Å²) in [6, 6.07) is 16.9.